The molecule has 2 heterocycles. The number of fused-ring (bicyclic) bond motifs is 2. The number of piperidine rings is 1. The number of primary amides is 1. The monoisotopic (exact) mass is 553 g/mol. The third kappa shape index (κ3) is 5.32. The van der Waals surface area contributed by atoms with Crippen LogP contribution in [0.25, 0.3) is 16.6 Å². The zero-order valence-electron chi connectivity index (χ0n) is 22.4. The number of benzene rings is 2. The average Bonchev–Trinajstić information content (AvgIpc) is 3.37. The van der Waals surface area contributed by atoms with Crippen molar-refractivity contribution in [2.45, 2.75) is 45.5 Å². The van der Waals surface area contributed by atoms with Crippen LogP contribution in [-0.4, -0.2) is 50.7 Å². The lowest BCUT2D eigenvalue weighted by Gasteiger charge is -2.44. The largest absolute Gasteiger partial charge is 0.416 e. The minimum absolute atomic E-state index is 0.205. The maximum atomic E-state index is 14.0. The highest BCUT2D eigenvalue weighted by molar-refractivity contribution is 5.86. The number of halogens is 3. The van der Waals surface area contributed by atoms with Crippen molar-refractivity contribution in [3.8, 4) is 0 Å². The van der Waals surface area contributed by atoms with E-state index in [4.69, 9.17) is 10.4 Å². The summed E-state index contributed by atoms with van der Waals surface area (Å²) in [6.07, 6.45) is -0.742. The van der Waals surface area contributed by atoms with Gasteiger partial charge in [-0.2, -0.15) is 13.2 Å². The van der Waals surface area contributed by atoms with Gasteiger partial charge in [0.2, 0.25) is 5.91 Å². The lowest BCUT2D eigenvalue weighted by atomic mass is 9.73. The van der Waals surface area contributed by atoms with Crippen molar-refractivity contribution in [1.29, 1.82) is 0 Å². The van der Waals surface area contributed by atoms with Gasteiger partial charge in [-0.25, -0.2) is 9.42 Å². The third-order valence-electron chi connectivity index (χ3n) is 7.56. The van der Waals surface area contributed by atoms with Gasteiger partial charge in [0.25, 0.3) is 0 Å². The van der Waals surface area contributed by atoms with Crippen LogP contribution in [-0.2, 0) is 17.5 Å². The van der Waals surface area contributed by atoms with Crippen molar-refractivity contribution in [2.24, 2.45) is 17.6 Å². The normalized spacial score (nSPS) is 19.6. The molecule has 0 spiro atoms. The Morgan fingerprint density at radius 3 is 2.55 bits per heavy atom. The Labute approximate surface area is 229 Å². The summed E-state index contributed by atoms with van der Waals surface area (Å²) in [5.74, 6) is -1.66. The number of urea groups is 1. The van der Waals surface area contributed by atoms with Crippen molar-refractivity contribution < 1.29 is 27.4 Å². The second kappa shape index (κ2) is 10.1. The second-order valence-electron chi connectivity index (χ2n) is 11.2. The molecule has 2 atom stereocenters. The predicted octanol–water partition coefficient (Wildman–Crippen LogP) is 5.41. The molecule has 2 aromatic carbocycles. The number of carbonyl (C=O) groups is 2. The fraction of sp³-hybridized carbons (Fsp3) is 0.379. The van der Waals surface area contributed by atoms with Gasteiger partial charge in [-0.05, 0) is 78.5 Å². The van der Waals surface area contributed by atoms with Crippen LogP contribution in [0.5, 0.6) is 0 Å². The Bertz CT molecular complexity index is 1520. The second-order valence-corrected chi connectivity index (χ2v) is 11.2. The van der Waals surface area contributed by atoms with Crippen LogP contribution in [0.2, 0.25) is 0 Å². The highest BCUT2D eigenvalue weighted by Gasteiger charge is 2.40. The van der Waals surface area contributed by atoms with Gasteiger partial charge in [0.05, 0.1) is 11.5 Å². The molecule has 1 fully saturated rings. The summed E-state index contributed by atoms with van der Waals surface area (Å²) >= 11 is 0. The number of aromatic nitrogens is 2. The first kappa shape index (κ1) is 27.4. The molecular weight excluding hydrogens is 523 g/mol. The average molecular weight is 554 g/mol. The molecule has 1 aromatic heterocycles. The zero-order chi connectivity index (χ0) is 28.8. The molecule has 3 amide bonds. The first-order valence-electron chi connectivity index (χ1n) is 13.0. The minimum atomic E-state index is -4.48. The number of nitrogens with two attached hydrogens (primary N) is 1. The number of nitrogens with zero attached hydrogens (tertiary/aromatic N) is 4. The Balaban J connectivity index is 1.44. The van der Waals surface area contributed by atoms with Crippen LogP contribution in [0.4, 0.5) is 18.0 Å². The summed E-state index contributed by atoms with van der Waals surface area (Å²) in [4.78, 5) is 29.8. The number of likely N-dealkylation sites (tertiary alicyclic amines) is 1. The molecule has 2 unspecified atom stereocenters. The lowest BCUT2D eigenvalue weighted by Crippen LogP contribution is -2.55. The number of hydrogen-bond acceptors (Lipinski definition) is 5. The van der Waals surface area contributed by atoms with Crippen LogP contribution in [0.15, 0.2) is 64.8 Å². The van der Waals surface area contributed by atoms with E-state index in [1.165, 1.54) is 6.07 Å². The highest BCUT2D eigenvalue weighted by atomic mass is 19.4. The first-order valence-corrected chi connectivity index (χ1v) is 13.0. The molecule has 0 radical (unpaired) electrons. The predicted molar refractivity (Wildman–Crippen MR) is 142 cm³/mol. The smallest absolute Gasteiger partial charge is 0.369 e. The molecule has 0 bridgehead atoms. The standard InChI is InChI=1S/C29H30F3N5O3/c1-28(2,3)37(15-17-7-10-24-25(13-17)35-40-34-24)27(39)36-12-11-21-20(8-9-22(26(33)38)23(21)16-36)18-5-4-6-19(14-18)29(30,31)32/h4-10,13-14,22-23H,11-12,15-16H2,1-3H3,(H2,33,38). The van der Waals surface area contributed by atoms with Gasteiger partial charge in [-0.1, -0.05) is 35.9 Å². The maximum absolute atomic E-state index is 14.0. The molecule has 2 aliphatic rings. The maximum Gasteiger partial charge on any atom is 0.416 e. The molecule has 8 nitrogen and oxygen atoms in total. The number of carbonyl (C=O) groups excluding carboxylic acids is 2. The SMILES string of the molecule is CC(C)(C)N(Cc1ccc2nonc2c1)C(=O)N1CCC2=C(c3cccc(C(F)(F)F)c3)C=CC(C(N)=O)C2C1. The number of hydrogen-bond donors (Lipinski definition) is 1. The molecular formula is C29H30F3N5O3. The molecule has 2 N–H and O–H groups in total. The number of amides is 3. The van der Waals surface area contributed by atoms with Crippen LogP contribution in [0.3, 0.4) is 0 Å². The number of alkyl halides is 3. The lowest BCUT2D eigenvalue weighted by molar-refractivity contribution is -0.137. The van der Waals surface area contributed by atoms with Gasteiger partial charge in [-0.3, -0.25) is 4.79 Å². The number of rotatable bonds is 4. The summed E-state index contributed by atoms with van der Waals surface area (Å²) in [6.45, 7) is 6.70. The Morgan fingerprint density at radius 2 is 1.85 bits per heavy atom. The Morgan fingerprint density at radius 1 is 1.10 bits per heavy atom. The van der Waals surface area contributed by atoms with Crippen molar-refractivity contribution >= 4 is 28.5 Å². The highest BCUT2D eigenvalue weighted by Crippen LogP contribution is 2.41. The van der Waals surface area contributed by atoms with Gasteiger partial charge in [0.15, 0.2) is 0 Å². The van der Waals surface area contributed by atoms with E-state index in [1.54, 1.807) is 34.1 Å². The van der Waals surface area contributed by atoms with Crippen molar-refractivity contribution in [3.63, 3.8) is 0 Å². The van der Waals surface area contributed by atoms with Crippen LogP contribution >= 0.6 is 0 Å². The Hall–Kier alpha value is -4.15. The topological polar surface area (TPSA) is 106 Å². The first-order chi connectivity index (χ1) is 18.8. The zero-order valence-corrected chi connectivity index (χ0v) is 22.4. The quantitative estimate of drug-likeness (QED) is 0.465. The van der Waals surface area contributed by atoms with Gasteiger partial charge in [-0.15, -0.1) is 0 Å². The fourth-order valence-electron chi connectivity index (χ4n) is 5.47. The molecule has 1 aliphatic heterocycles. The van der Waals surface area contributed by atoms with Crippen molar-refractivity contribution in [2.75, 3.05) is 13.1 Å². The number of allylic oxidation sites excluding steroid dienone is 2. The van der Waals surface area contributed by atoms with Crippen molar-refractivity contribution in [3.05, 3.63) is 76.9 Å². The van der Waals surface area contributed by atoms with Gasteiger partial charge < -0.3 is 15.5 Å². The van der Waals surface area contributed by atoms with E-state index >= 15 is 0 Å². The van der Waals surface area contributed by atoms with E-state index in [0.29, 0.717) is 41.7 Å². The molecule has 5 rings (SSSR count). The van der Waals surface area contributed by atoms with E-state index in [9.17, 15) is 22.8 Å². The van der Waals surface area contributed by atoms with Crippen LogP contribution < -0.4 is 5.73 Å². The summed E-state index contributed by atoms with van der Waals surface area (Å²) in [7, 11) is 0. The summed E-state index contributed by atoms with van der Waals surface area (Å²) < 4.78 is 45.0. The Kier molecular flexibility index (Phi) is 6.93. The summed E-state index contributed by atoms with van der Waals surface area (Å²) in [5.41, 5.74) is 8.41. The van der Waals surface area contributed by atoms with Gasteiger partial charge in [0.1, 0.15) is 11.0 Å². The summed E-state index contributed by atoms with van der Waals surface area (Å²) in [6, 6.07) is 10.4. The van der Waals surface area contributed by atoms with Crippen molar-refractivity contribution in [1.82, 2.24) is 20.1 Å². The van der Waals surface area contributed by atoms with Gasteiger partial charge >= 0.3 is 12.2 Å². The van der Waals surface area contributed by atoms with E-state index in [2.05, 4.69) is 10.3 Å². The molecule has 11 heteroatoms. The van der Waals surface area contributed by atoms with E-state index in [0.717, 1.165) is 23.3 Å². The molecule has 40 heavy (non-hydrogen) atoms. The summed E-state index contributed by atoms with van der Waals surface area (Å²) in [5, 5.41) is 7.71. The third-order valence-corrected chi connectivity index (χ3v) is 7.56. The molecule has 0 saturated carbocycles. The fourth-order valence-corrected chi connectivity index (χ4v) is 5.47. The van der Waals surface area contributed by atoms with Crippen LogP contribution in [0, 0.1) is 11.8 Å². The van der Waals surface area contributed by atoms with E-state index < -0.39 is 35.0 Å². The van der Waals surface area contributed by atoms with Crippen LogP contribution in [0.1, 0.15) is 43.9 Å². The van der Waals surface area contributed by atoms with E-state index in [1.807, 2.05) is 32.9 Å². The van der Waals surface area contributed by atoms with E-state index in [-0.39, 0.29) is 12.6 Å². The molecule has 1 saturated heterocycles. The molecule has 210 valence electrons. The minimum Gasteiger partial charge on any atom is -0.369 e. The molecule has 1 aliphatic carbocycles. The molecule has 3 aromatic rings. The van der Waals surface area contributed by atoms with Gasteiger partial charge in [0, 0.05) is 31.1 Å².